The standard InChI is InChI=1S/C14H20O6S2/c1-11-7-9-12(10-8-11)22(17,18)20-14-6-4-3-5-13(14)19-21(2,15)16/h7-10,13-14H,3-6H2,1-2H3. The van der Waals surface area contributed by atoms with E-state index in [9.17, 15) is 16.8 Å². The van der Waals surface area contributed by atoms with Gasteiger partial charge in [0.15, 0.2) is 0 Å². The molecule has 0 amide bonds. The summed E-state index contributed by atoms with van der Waals surface area (Å²) in [6.45, 7) is 1.86. The van der Waals surface area contributed by atoms with Crippen LogP contribution in [0.5, 0.6) is 0 Å². The Morgan fingerprint density at radius 1 is 0.909 bits per heavy atom. The van der Waals surface area contributed by atoms with Crippen molar-refractivity contribution in [1.82, 2.24) is 0 Å². The summed E-state index contributed by atoms with van der Waals surface area (Å²) in [6, 6.07) is 6.31. The summed E-state index contributed by atoms with van der Waals surface area (Å²) in [5.41, 5.74) is 0.940. The van der Waals surface area contributed by atoms with Gasteiger partial charge in [0, 0.05) is 0 Å². The van der Waals surface area contributed by atoms with E-state index in [0.717, 1.165) is 24.7 Å². The molecule has 1 aromatic carbocycles. The summed E-state index contributed by atoms with van der Waals surface area (Å²) in [4.78, 5) is 0.0572. The Balaban J connectivity index is 2.17. The van der Waals surface area contributed by atoms with Crippen molar-refractivity contribution in [3.8, 4) is 0 Å². The van der Waals surface area contributed by atoms with E-state index >= 15 is 0 Å². The highest BCUT2D eigenvalue weighted by Gasteiger charge is 2.33. The van der Waals surface area contributed by atoms with Crippen molar-refractivity contribution in [3.63, 3.8) is 0 Å². The molecule has 1 aliphatic carbocycles. The van der Waals surface area contributed by atoms with Gasteiger partial charge in [-0.2, -0.15) is 16.8 Å². The van der Waals surface area contributed by atoms with Crippen molar-refractivity contribution in [2.75, 3.05) is 6.26 Å². The third-order valence-corrected chi connectivity index (χ3v) is 5.45. The van der Waals surface area contributed by atoms with Crippen molar-refractivity contribution in [2.45, 2.75) is 49.7 Å². The Labute approximate surface area is 131 Å². The molecule has 2 rings (SSSR count). The van der Waals surface area contributed by atoms with Gasteiger partial charge in [-0.15, -0.1) is 0 Å². The normalized spacial score (nSPS) is 23.4. The first kappa shape index (κ1) is 17.4. The van der Waals surface area contributed by atoms with Crippen LogP contribution in [0, 0.1) is 6.92 Å². The zero-order chi connectivity index (χ0) is 16.4. The maximum Gasteiger partial charge on any atom is 0.297 e. The Hall–Kier alpha value is -0.960. The van der Waals surface area contributed by atoms with Gasteiger partial charge in [0.1, 0.15) is 12.2 Å². The van der Waals surface area contributed by atoms with E-state index < -0.39 is 32.4 Å². The predicted molar refractivity (Wildman–Crippen MR) is 81.4 cm³/mol. The molecule has 1 aliphatic rings. The smallest absolute Gasteiger partial charge is 0.264 e. The van der Waals surface area contributed by atoms with Crippen LogP contribution < -0.4 is 0 Å². The number of rotatable bonds is 5. The van der Waals surface area contributed by atoms with Crippen LogP contribution in [0.4, 0.5) is 0 Å². The molecule has 8 heteroatoms. The van der Waals surface area contributed by atoms with E-state index in [1.165, 1.54) is 12.1 Å². The molecule has 1 aromatic rings. The SMILES string of the molecule is Cc1ccc(S(=O)(=O)OC2CCCCC2OS(C)(=O)=O)cc1. The lowest BCUT2D eigenvalue weighted by atomic mass is 9.95. The monoisotopic (exact) mass is 348 g/mol. The number of aryl methyl sites for hydroxylation is 1. The van der Waals surface area contributed by atoms with Gasteiger partial charge in [0.2, 0.25) is 0 Å². The van der Waals surface area contributed by atoms with Crippen LogP contribution in [0.25, 0.3) is 0 Å². The van der Waals surface area contributed by atoms with Gasteiger partial charge in [-0.05, 0) is 31.9 Å². The minimum Gasteiger partial charge on any atom is -0.264 e. The van der Waals surface area contributed by atoms with Crippen LogP contribution in [0.1, 0.15) is 31.2 Å². The molecule has 0 heterocycles. The Morgan fingerprint density at radius 2 is 1.41 bits per heavy atom. The van der Waals surface area contributed by atoms with Gasteiger partial charge in [-0.25, -0.2) is 0 Å². The first-order valence-corrected chi connectivity index (χ1v) is 10.3. The molecule has 124 valence electrons. The van der Waals surface area contributed by atoms with Crippen molar-refractivity contribution >= 4 is 20.2 Å². The zero-order valence-corrected chi connectivity index (χ0v) is 14.2. The minimum atomic E-state index is -3.94. The summed E-state index contributed by atoms with van der Waals surface area (Å²) in [5.74, 6) is 0. The van der Waals surface area contributed by atoms with E-state index in [1.54, 1.807) is 12.1 Å². The molecule has 0 aromatic heterocycles. The Kier molecular flexibility index (Phi) is 5.26. The largest absolute Gasteiger partial charge is 0.297 e. The van der Waals surface area contributed by atoms with Gasteiger partial charge >= 0.3 is 0 Å². The summed E-state index contributed by atoms with van der Waals surface area (Å²) < 4.78 is 57.4. The average Bonchev–Trinajstić information content (AvgIpc) is 2.39. The van der Waals surface area contributed by atoms with Gasteiger partial charge in [0.05, 0.1) is 11.2 Å². The fourth-order valence-electron chi connectivity index (χ4n) is 2.43. The predicted octanol–water partition coefficient (Wildman–Crippen LogP) is 1.99. The summed E-state index contributed by atoms with van der Waals surface area (Å²) >= 11 is 0. The van der Waals surface area contributed by atoms with Crippen molar-refractivity contribution in [3.05, 3.63) is 29.8 Å². The Morgan fingerprint density at radius 3 is 1.91 bits per heavy atom. The number of hydrogen-bond acceptors (Lipinski definition) is 6. The molecule has 0 bridgehead atoms. The summed E-state index contributed by atoms with van der Waals surface area (Å²) in [5, 5.41) is 0. The molecular formula is C14H20O6S2. The highest BCUT2D eigenvalue weighted by molar-refractivity contribution is 7.86. The van der Waals surface area contributed by atoms with Crippen LogP contribution in [-0.4, -0.2) is 35.3 Å². The second-order valence-corrected chi connectivity index (χ2v) is 8.70. The average molecular weight is 348 g/mol. The molecule has 0 radical (unpaired) electrons. The lowest BCUT2D eigenvalue weighted by molar-refractivity contribution is 0.0317. The van der Waals surface area contributed by atoms with Gasteiger partial charge in [-0.1, -0.05) is 30.5 Å². The third kappa shape index (κ3) is 4.77. The number of benzene rings is 1. The van der Waals surface area contributed by atoms with Crippen LogP contribution in [0.15, 0.2) is 29.2 Å². The van der Waals surface area contributed by atoms with Crippen molar-refractivity contribution in [1.29, 1.82) is 0 Å². The highest BCUT2D eigenvalue weighted by atomic mass is 32.2. The fraction of sp³-hybridized carbons (Fsp3) is 0.571. The topological polar surface area (TPSA) is 86.7 Å². The van der Waals surface area contributed by atoms with Crippen molar-refractivity contribution < 1.29 is 25.2 Å². The molecule has 0 saturated heterocycles. The van der Waals surface area contributed by atoms with E-state index in [1.807, 2.05) is 6.92 Å². The summed E-state index contributed by atoms with van der Waals surface area (Å²) in [6.07, 6.45) is 1.88. The third-order valence-electron chi connectivity index (χ3n) is 3.50. The van der Waals surface area contributed by atoms with Gasteiger partial charge < -0.3 is 0 Å². The lowest BCUT2D eigenvalue weighted by Crippen LogP contribution is -2.37. The molecule has 0 aliphatic heterocycles. The van der Waals surface area contributed by atoms with E-state index in [-0.39, 0.29) is 4.90 Å². The first-order valence-electron chi connectivity index (χ1n) is 7.05. The fourth-order valence-corrected chi connectivity index (χ4v) is 4.23. The second kappa shape index (κ2) is 6.66. The van der Waals surface area contributed by atoms with Crippen molar-refractivity contribution in [2.24, 2.45) is 0 Å². The zero-order valence-electron chi connectivity index (χ0n) is 12.6. The first-order chi connectivity index (χ1) is 10.2. The van der Waals surface area contributed by atoms with Crippen LogP contribution in [-0.2, 0) is 28.6 Å². The molecule has 2 atom stereocenters. The minimum absolute atomic E-state index is 0.0572. The molecule has 6 nitrogen and oxygen atoms in total. The van der Waals surface area contributed by atoms with Gasteiger partial charge in [0.25, 0.3) is 20.2 Å². The van der Waals surface area contributed by atoms with E-state index in [2.05, 4.69) is 0 Å². The van der Waals surface area contributed by atoms with E-state index in [4.69, 9.17) is 8.37 Å². The second-order valence-electron chi connectivity index (χ2n) is 5.53. The number of hydrogen-bond donors (Lipinski definition) is 0. The van der Waals surface area contributed by atoms with E-state index in [0.29, 0.717) is 12.8 Å². The molecule has 1 fully saturated rings. The maximum atomic E-state index is 12.3. The maximum absolute atomic E-state index is 12.3. The van der Waals surface area contributed by atoms with Crippen LogP contribution >= 0.6 is 0 Å². The lowest BCUT2D eigenvalue weighted by Gasteiger charge is -2.29. The Bertz CT molecular complexity index is 706. The summed E-state index contributed by atoms with van der Waals surface area (Å²) in [7, 11) is -7.60. The molecule has 1 saturated carbocycles. The molecule has 2 unspecified atom stereocenters. The van der Waals surface area contributed by atoms with Gasteiger partial charge in [-0.3, -0.25) is 8.37 Å². The van der Waals surface area contributed by atoms with Crippen LogP contribution in [0.3, 0.4) is 0 Å². The molecular weight excluding hydrogens is 328 g/mol. The quantitative estimate of drug-likeness (QED) is 0.756. The van der Waals surface area contributed by atoms with Crippen LogP contribution in [0.2, 0.25) is 0 Å². The highest BCUT2D eigenvalue weighted by Crippen LogP contribution is 2.28. The molecule has 22 heavy (non-hydrogen) atoms. The molecule has 0 spiro atoms. The molecule has 0 N–H and O–H groups in total.